The number of carbonyl (C=O) groups is 1. The zero-order valence-electron chi connectivity index (χ0n) is 71.0. The van der Waals surface area contributed by atoms with Crippen LogP contribution in [0.15, 0.2) is 11.6 Å². The van der Waals surface area contributed by atoms with Crippen LogP contribution in [0.5, 0.6) is 0 Å². The summed E-state index contributed by atoms with van der Waals surface area (Å²) < 4.78 is 106. The van der Waals surface area contributed by atoms with Gasteiger partial charge in [0.2, 0.25) is 0 Å². The molecule has 1 amide bonds. The van der Waals surface area contributed by atoms with Gasteiger partial charge in [-0.15, -0.1) is 0 Å². The molecular weight excluding hydrogens is 1670 g/mol. The molecule has 1 unspecified atom stereocenters. The fourth-order valence-electron chi connectivity index (χ4n) is 21.8. The van der Waals surface area contributed by atoms with Gasteiger partial charge in [-0.25, -0.2) is 4.79 Å². The minimum absolute atomic E-state index is 0.0753. The Morgan fingerprint density at radius 1 is 0.416 bits per heavy atom. The summed E-state index contributed by atoms with van der Waals surface area (Å²) in [5.41, 5.74) is 1.88. The Bertz CT molecular complexity index is 3370. The number of rotatable bonds is 21. The standard InChI is InChI=1S/C81H136N2O42/c1-31(2)9-7-10-32(3)36-13-14-37-35-12-11-33-21-34(15-17-80(33,4)38(35)16-18-81(36,37)5)108-30-109-79(107)83(6)20-8-19-82-22-39-63-47(91)55(99)71(110-39)119-64-40(23-84)112-73(57(101)49(64)93)121-66-42(25-86)114-75(59(103)51(66)95)123-68-44(27-88)116-77(61(105)53(68)97)125-70-46(29-90)117-78(62(106)54(70)98)124-69-45(28-89)115-76(60(104)52(69)96)122-67-43(26-87)113-74(58(102)50(67)94)120-65-41(24-85)111-72(118-63)56(100)48(65)92/h11,31-32,34-78,82,84-106H,7-10,12-30H2,1-6H3/t32-,34?,35+,36-,37+,38+,39-,40-,41-,42-,43-,44-,45-,46-,47-,48-,49-,50-,51-,52-,53-,54-,55-,56-,57-,58-,59-,60-,61+,62-,63-,64-,65-,66-,67-,68-,69-,70-,71-,72-,73-,74-,75-,76-,77-,78-,80+,81-/m1/s1. The molecule has 34 rings (SSSR count). The van der Waals surface area contributed by atoms with Crippen LogP contribution in [-0.4, -0.2) is 460 Å². The Kier molecular flexibility index (Phi) is 34.3. The van der Waals surface area contributed by atoms with Crippen LogP contribution in [0.4, 0.5) is 4.79 Å². The predicted octanol–water partition coefficient (Wildman–Crippen LogP) is -8.97. The van der Waals surface area contributed by atoms with E-state index in [1.165, 1.54) is 62.5 Å². The summed E-state index contributed by atoms with van der Waals surface area (Å²) in [7, 11) is 1.53. The molecule has 0 aromatic rings. The maximum Gasteiger partial charge on any atom is 0.411 e. The van der Waals surface area contributed by atoms with Crippen molar-refractivity contribution in [2.24, 2.45) is 46.3 Å². The molecular formula is C81H136N2O42. The van der Waals surface area contributed by atoms with Crippen LogP contribution in [0.1, 0.15) is 112 Å². The van der Waals surface area contributed by atoms with Crippen LogP contribution in [0, 0.1) is 46.3 Å². The molecule has 33 fully saturated rings. The van der Waals surface area contributed by atoms with Gasteiger partial charge in [-0.05, 0) is 111 Å². The number of ether oxygens (including phenoxy) is 18. The molecule has 34 aliphatic rings. The van der Waals surface area contributed by atoms with Gasteiger partial charge in [-0.1, -0.05) is 65.5 Å². The number of carbonyl (C=O) groups excluding carboxylic acids is 1. The van der Waals surface area contributed by atoms with E-state index in [4.69, 9.17) is 85.3 Å². The SMILES string of the molecule is CC(C)CCC[C@@H](C)[C@H]1CC[C@H]2[C@@H]3CC=C4CC(OCOC(=O)N(C)CCCNC[C@H]5O[C@@H]6O[C@H]7[C@H](O)[C@@H](O)[C@@H](O[C@H]8[C@H](O)[C@@H](O)[C@@H](O[C@H]9[C@H](O)[C@H](O)[C@@H](O[C@H]%10[C@H](O)[C@@H](O)[C@@H](O[C@H]%11[C@H](O)[C@@H](O)[C@@H](O[C@H]%12[C@H](O)[C@@H](O)[C@@H](O[C@H]%13[C@H](O)[C@@H](O)[C@@H](O[C@H]5[C@H](O)[C@H]6O)O[C@@H]%13CO)O[C@@H]%12CO)O[C@@H]%11CO)O[C@@H]%10CO)O[C@@H]9CO)O[C@@H]8CO)O[C@@H]7CO)CC[C@]4(C)[C@H]3CC[C@]12C. The highest BCUT2D eigenvalue weighted by Gasteiger charge is 2.64. The molecule has 44 heteroatoms. The second-order valence-electron chi connectivity index (χ2n) is 37.1. The maximum absolute atomic E-state index is 13.5. The lowest BCUT2D eigenvalue weighted by molar-refractivity contribution is -0.403. The van der Waals surface area contributed by atoms with Crippen molar-refractivity contribution in [3.63, 3.8) is 0 Å². The Hall–Kier alpha value is -2.63. The minimum atomic E-state index is -2.27. The van der Waals surface area contributed by atoms with Crippen LogP contribution in [0.25, 0.3) is 0 Å². The number of amides is 1. The lowest BCUT2D eigenvalue weighted by Crippen LogP contribution is -2.69. The summed E-state index contributed by atoms with van der Waals surface area (Å²) in [5.74, 6) is 4.20. The Balaban J connectivity index is 0.685. The molecule has 30 aliphatic heterocycles. The van der Waals surface area contributed by atoms with Crippen molar-refractivity contribution in [1.82, 2.24) is 10.2 Å². The average Bonchev–Trinajstić information content (AvgIpc) is 1.64. The molecule has 16 bridgehead atoms. The molecule has 3 saturated carbocycles. The highest BCUT2D eigenvalue weighted by Crippen LogP contribution is 2.68. The van der Waals surface area contributed by atoms with Crippen LogP contribution < -0.4 is 5.32 Å². The van der Waals surface area contributed by atoms with E-state index >= 15 is 0 Å². The summed E-state index contributed by atoms with van der Waals surface area (Å²) in [5, 5.41) is 265. The Morgan fingerprint density at radius 3 is 1.07 bits per heavy atom. The van der Waals surface area contributed by atoms with Gasteiger partial charge < -0.3 is 213 Å². The van der Waals surface area contributed by atoms with Crippen molar-refractivity contribution < 1.29 is 208 Å². The van der Waals surface area contributed by atoms with Crippen molar-refractivity contribution in [3.8, 4) is 0 Å². The lowest BCUT2D eigenvalue weighted by Gasteiger charge is -2.58. The molecule has 0 radical (unpaired) electrons. The third-order valence-corrected chi connectivity index (χ3v) is 29.0. The van der Waals surface area contributed by atoms with Gasteiger partial charge >= 0.3 is 6.09 Å². The molecule has 0 spiro atoms. The summed E-state index contributed by atoms with van der Waals surface area (Å²) in [6.45, 7) is 4.08. The Morgan fingerprint density at radius 2 is 0.744 bits per heavy atom. The van der Waals surface area contributed by atoms with Gasteiger partial charge in [0, 0.05) is 20.1 Å². The molecule has 0 aromatic heterocycles. The largest absolute Gasteiger partial charge is 0.422 e. The van der Waals surface area contributed by atoms with Crippen LogP contribution in [0.3, 0.4) is 0 Å². The number of hydrogen-bond donors (Lipinski definition) is 24. The van der Waals surface area contributed by atoms with E-state index in [2.05, 4.69) is 46.0 Å². The number of aliphatic hydroxyl groups excluding tert-OH is 23. The summed E-state index contributed by atoms with van der Waals surface area (Å²) in [4.78, 5) is 14.8. The smallest absolute Gasteiger partial charge is 0.411 e. The first kappa shape index (κ1) is 99.8. The quantitative estimate of drug-likeness (QED) is 0.0288. The number of nitrogens with zero attached hydrogens (tertiary/aromatic N) is 1. The van der Waals surface area contributed by atoms with Crippen LogP contribution in [-0.2, 0) is 85.3 Å². The fourth-order valence-corrected chi connectivity index (χ4v) is 21.8. The maximum atomic E-state index is 13.5. The highest BCUT2D eigenvalue weighted by molar-refractivity contribution is 5.67. The summed E-state index contributed by atoms with van der Waals surface area (Å²) in [6, 6.07) is 0. The highest BCUT2D eigenvalue weighted by atomic mass is 16.8. The topological polar surface area (TPSA) is 664 Å². The van der Waals surface area contributed by atoms with E-state index in [9.17, 15) is 122 Å². The average molecular weight is 1810 g/mol. The van der Waals surface area contributed by atoms with Gasteiger partial charge in [-0.3, -0.25) is 0 Å². The van der Waals surface area contributed by atoms with E-state index < -0.39 is 298 Å². The number of nitrogens with one attached hydrogen (secondary N) is 1. The molecule has 44 nitrogen and oxygen atoms in total. The van der Waals surface area contributed by atoms with Crippen molar-refractivity contribution in [2.75, 3.05) is 79.7 Å². The first-order valence-corrected chi connectivity index (χ1v) is 44.1. The van der Waals surface area contributed by atoms with Crippen LogP contribution in [0.2, 0.25) is 0 Å². The van der Waals surface area contributed by atoms with Gasteiger partial charge in [0.1, 0.15) is 195 Å². The zero-order valence-corrected chi connectivity index (χ0v) is 71.0. The van der Waals surface area contributed by atoms with E-state index in [0.717, 1.165) is 49.4 Å². The van der Waals surface area contributed by atoms with E-state index in [0.29, 0.717) is 17.3 Å². The molecule has 125 heavy (non-hydrogen) atoms. The number of fused-ring (bicyclic) bond motifs is 5. The van der Waals surface area contributed by atoms with Gasteiger partial charge in [-0.2, -0.15) is 0 Å². The summed E-state index contributed by atoms with van der Waals surface area (Å²) >= 11 is 0. The minimum Gasteiger partial charge on any atom is -0.422 e. The first-order valence-electron chi connectivity index (χ1n) is 44.1. The van der Waals surface area contributed by atoms with Gasteiger partial charge in [0.15, 0.2) is 57.1 Å². The van der Waals surface area contributed by atoms with E-state index in [-0.39, 0.29) is 44.4 Å². The predicted molar refractivity (Wildman–Crippen MR) is 413 cm³/mol. The van der Waals surface area contributed by atoms with Crippen molar-refractivity contribution in [3.05, 3.63) is 11.6 Å². The third-order valence-electron chi connectivity index (χ3n) is 29.0. The number of allylic oxidation sites excluding steroid dienone is 1. The lowest BCUT2D eigenvalue weighted by atomic mass is 9.47. The molecule has 4 aliphatic carbocycles. The van der Waals surface area contributed by atoms with E-state index in [1.54, 1.807) is 0 Å². The molecule has 24 N–H and O–H groups in total. The molecule has 48 atom stereocenters. The normalized spacial score (nSPS) is 50.3. The second kappa shape index (κ2) is 42.9. The van der Waals surface area contributed by atoms with Crippen molar-refractivity contribution >= 4 is 6.09 Å². The Labute approximate surface area is 722 Å². The summed E-state index contributed by atoms with van der Waals surface area (Å²) in [6.07, 6.45) is -67.8. The molecule has 30 heterocycles. The van der Waals surface area contributed by atoms with Crippen molar-refractivity contribution in [2.45, 2.75) is 363 Å². The monoisotopic (exact) mass is 1810 g/mol. The second-order valence-corrected chi connectivity index (χ2v) is 37.1. The van der Waals surface area contributed by atoms with Crippen LogP contribution >= 0.6 is 0 Å². The number of aliphatic hydroxyl groups is 23. The van der Waals surface area contributed by atoms with Gasteiger partial charge in [0.25, 0.3) is 0 Å². The van der Waals surface area contributed by atoms with Crippen molar-refractivity contribution in [1.29, 1.82) is 0 Å². The first-order chi connectivity index (χ1) is 59.6. The molecule has 30 saturated heterocycles. The van der Waals surface area contributed by atoms with Gasteiger partial charge in [0.05, 0.1) is 52.4 Å². The third kappa shape index (κ3) is 20.7. The van der Waals surface area contributed by atoms with E-state index in [1.807, 2.05) is 0 Å². The zero-order chi connectivity index (χ0) is 90.3. The molecule has 722 valence electrons. The number of hydrogen-bond acceptors (Lipinski definition) is 43. The fraction of sp³-hybridized carbons (Fsp3) is 0.963. The molecule has 0 aromatic carbocycles.